The molecule has 1 heterocycles. The lowest BCUT2D eigenvalue weighted by atomic mass is 9.95. The SMILES string of the molecule is O=C(NC1CCCCC1)C(Nc1cccc(C(F)(F)F)c1)c1ccc2c(c1)OCO2. The van der Waals surface area contributed by atoms with Crippen LogP contribution in [0.1, 0.15) is 49.3 Å². The number of hydrogen-bond acceptors (Lipinski definition) is 4. The highest BCUT2D eigenvalue weighted by Gasteiger charge is 2.31. The fourth-order valence-corrected chi connectivity index (χ4v) is 3.88. The molecule has 2 aromatic carbocycles. The van der Waals surface area contributed by atoms with E-state index >= 15 is 0 Å². The van der Waals surface area contributed by atoms with E-state index in [-0.39, 0.29) is 24.4 Å². The fraction of sp³-hybridized carbons (Fsp3) is 0.409. The van der Waals surface area contributed by atoms with Crippen LogP contribution in [0.2, 0.25) is 0 Å². The van der Waals surface area contributed by atoms with Crippen LogP contribution >= 0.6 is 0 Å². The molecule has 0 saturated heterocycles. The third-order valence-electron chi connectivity index (χ3n) is 5.44. The zero-order valence-corrected chi connectivity index (χ0v) is 16.3. The normalized spacial score (nSPS) is 17.4. The summed E-state index contributed by atoms with van der Waals surface area (Å²) in [6.45, 7) is 0.0960. The second-order valence-corrected chi connectivity index (χ2v) is 7.61. The first kappa shape index (κ1) is 20.4. The molecule has 1 atom stereocenters. The van der Waals surface area contributed by atoms with E-state index in [1.165, 1.54) is 12.1 Å². The lowest BCUT2D eigenvalue weighted by Crippen LogP contribution is -2.41. The van der Waals surface area contributed by atoms with Crippen molar-refractivity contribution in [2.45, 2.75) is 50.4 Å². The van der Waals surface area contributed by atoms with Crippen LogP contribution in [-0.4, -0.2) is 18.7 Å². The summed E-state index contributed by atoms with van der Waals surface area (Å²) in [5.74, 6) is 0.802. The van der Waals surface area contributed by atoms with Gasteiger partial charge in [-0.1, -0.05) is 31.4 Å². The Balaban J connectivity index is 1.60. The molecule has 1 aliphatic heterocycles. The summed E-state index contributed by atoms with van der Waals surface area (Å²) in [6.07, 6.45) is 0.616. The molecule has 1 aliphatic carbocycles. The molecule has 1 unspecified atom stereocenters. The second kappa shape index (κ2) is 8.45. The number of alkyl halides is 3. The molecule has 2 N–H and O–H groups in total. The van der Waals surface area contributed by atoms with Gasteiger partial charge in [0, 0.05) is 11.7 Å². The minimum Gasteiger partial charge on any atom is -0.454 e. The lowest BCUT2D eigenvalue weighted by molar-refractivity contribution is -0.137. The third kappa shape index (κ3) is 4.63. The predicted molar refractivity (Wildman–Crippen MR) is 105 cm³/mol. The average molecular weight is 420 g/mol. The molecule has 30 heavy (non-hydrogen) atoms. The summed E-state index contributed by atoms with van der Waals surface area (Å²) in [6, 6.07) is 9.16. The number of hydrogen-bond donors (Lipinski definition) is 2. The van der Waals surface area contributed by atoms with Gasteiger partial charge in [0.1, 0.15) is 6.04 Å². The standard InChI is InChI=1S/C22H23F3N2O3/c23-22(24,25)15-5-4-8-17(12-15)26-20(21(28)27-16-6-2-1-3-7-16)14-9-10-18-19(11-14)30-13-29-18/h4-5,8-12,16,20,26H,1-3,6-7,13H2,(H,27,28). The predicted octanol–water partition coefficient (Wildman–Crippen LogP) is 5.04. The van der Waals surface area contributed by atoms with Crippen molar-refractivity contribution in [3.63, 3.8) is 0 Å². The highest BCUT2D eigenvalue weighted by atomic mass is 19.4. The van der Waals surface area contributed by atoms with Crippen molar-refractivity contribution in [3.05, 3.63) is 53.6 Å². The first-order chi connectivity index (χ1) is 14.4. The molecule has 0 bridgehead atoms. The van der Waals surface area contributed by atoms with Crippen LogP contribution < -0.4 is 20.1 Å². The van der Waals surface area contributed by atoms with Gasteiger partial charge in [-0.25, -0.2) is 0 Å². The Labute approximate surface area is 172 Å². The topological polar surface area (TPSA) is 59.6 Å². The van der Waals surface area contributed by atoms with Gasteiger partial charge in [-0.3, -0.25) is 4.79 Å². The highest BCUT2D eigenvalue weighted by Crippen LogP contribution is 2.36. The van der Waals surface area contributed by atoms with Crippen molar-refractivity contribution < 1.29 is 27.4 Å². The van der Waals surface area contributed by atoms with E-state index < -0.39 is 17.8 Å². The van der Waals surface area contributed by atoms with Crippen LogP contribution in [0.15, 0.2) is 42.5 Å². The maximum atomic E-state index is 13.1. The molecule has 4 rings (SSSR count). The number of anilines is 1. The summed E-state index contributed by atoms with van der Waals surface area (Å²) in [7, 11) is 0. The number of carbonyl (C=O) groups is 1. The molecule has 2 aliphatic rings. The van der Waals surface area contributed by atoms with Gasteiger partial charge in [0.25, 0.3) is 0 Å². The molecular formula is C22H23F3N2O3. The zero-order chi connectivity index (χ0) is 21.1. The largest absolute Gasteiger partial charge is 0.454 e. The maximum Gasteiger partial charge on any atom is 0.416 e. The number of carbonyl (C=O) groups excluding carboxylic acids is 1. The highest BCUT2D eigenvalue weighted by molar-refractivity contribution is 5.86. The number of amides is 1. The molecule has 0 radical (unpaired) electrons. The van der Waals surface area contributed by atoms with Crippen LogP contribution in [0.3, 0.4) is 0 Å². The minimum absolute atomic E-state index is 0.0751. The van der Waals surface area contributed by atoms with E-state index in [4.69, 9.17) is 9.47 Å². The molecule has 1 saturated carbocycles. The van der Waals surface area contributed by atoms with Crippen molar-refractivity contribution in [2.75, 3.05) is 12.1 Å². The van der Waals surface area contributed by atoms with Crippen molar-refractivity contribution in [1.82, 2.24) is 5.32 Å². The quantitative estimate of drug-likeness (QED) is 0.712. The summed E-state index contributed by atoms with van der Waals surface area (Å²) in [5, 5.41) is 6.03. The van der Waals surface area contributed by atoms with Gasteiger partial charge in [-0.2, -0.15) is 13.2 Å². The molecule has 0 aromatic heterocycles. The van der Waals surface area contributed by atoms with E-state index in [2.05, 4.69) is 10.6 Å². The monoisotopic (exact) mass is 420 g/mol. The smallest absolute Gasteiger partial charge is 0.416 e. The molecule has 2 aromatic rings. The van der Waals surface area contributed by atoms with Crippen molar-refractivity contribution in [1.29, 1.82) is 0 Å². The second-order valence-electron chi connectivity index (χ2n) is 7.61. The van der Waals surface area contributed by atoms with E-state index in [1.54, 1.807) is 18.2 Å². The molecule has 1 fully saturated rings. The van der Waals surface area contributed by atoms with E-state index in [1.807, 2.05) is 0 Å². The van der Waals surface area contributed by atoms with E-state index in [0.29, 0.717) is 17.1 Å². The summed E-state index contributed by atoms with van der Waals surface area (Å²) < 4.78 is 50.0. The summed E-state index contributed by atoms with van der Waals surface area (Å²) >= 11 is 0. The van der Waals surface area contributed by atoms with Crippen LogP contribution in [0, 0.1) is 0 Å². The lowest BCUT2D eigenvalue weighted by Gasteiger charge is -2.27. The number of nitrogens with one attached hydrogen (secondary N) is 2. The average Bonchev–Trinajstić information content (AvgIpc) is 3.20. The Morgan fingerprint density at radius 2 is 1.77 bits per heavy atom. The van der Waals surface area contributed by atoms with Gasteiger partial charge in [0.05, 0.1) is 5.56 Å². The van der Waals surface area contributed by atoms with Crippen molar-refractivity contribution >= 4 is 11.6 Å². The minimum atomic E-state index is -4.46. The van der Waals surface area contributed by atoms with Gasteiger partial charge in [0.15, 0.2) is 11.5 Å². The Bertz CT molecular complexity index is 911. The van der Waals surface area contributed by atoms with Crippen LogP contribution in [0.5, 0.6) is 11.5 Å². The van der Waals surface area contributed by atoms with Gasteiger partial charge >= 0.3 is 6.18 Å². The Morgan fingerprint density at radius 1 is 1.00 bits per heavy atom. The van der Waals surface area contributed by atoms with Crippen molar-refractivity contribution in [2.24, 2.45) is 0 Å². The number of benzene rings is 2. The first-order valence-electron chi connectivity index (χ1n) is 10.0. The number of fused-ring (bicyclic) bond motifs is 1. The van der Waals surface area contributed by atoms with Gasteiger partial charge in [0.2, 0.25) is 12.7 Å². The maximum absolute atomic E-state index is 13.1. The van der Waals surface area contributed by atoms with Crippen LogP contribution in [-0.2, 0) is 11.0 Å². The number of rotatable bonds is 5. The van der Waals surface area contributed by atoms with Gasteiger partial charge < -0.3 is 20.1 Å². The van der Waals surface area contributed by atoms with Gasteiger partial charge in [-0.05, 0) is 48.7 Å². The molecular weight excluding hydrogens is 397 g/mol. The Hall–Kier alpha value is -2.90. The van der Waals surface area contributed by atoms with Crippen LogP contribution in [0.25, 0.3) is 0 Å². The summed E-state index contributed by atoms with van der Waals surface area (Å²) in [5.41, 5.74) is 0.0286. The fourth-order valence-electron chi connectivity index (χ4n) is 3.88. The third-order valence-corrected chi connectivity index (χ3v) is 5.44. The number of ether oxygens (including phenoxy) is 2. The summed E-state index contributed by atoms with van der Waals surface area (Å²) in [4.78, 5) is 13.1. The Morgan fingerprint density at radius 3 is 2.53 bits per heavy atom. The van der Waals surface area contributed by atoms with E-state index in [0.717, 1.165) is 44.2 Å². The van der Waals surface area contributed by atoms with Gasteiger partial charge in [-0.15, -0.1) is 0 Å². The molecule has 1 amide bonds. The zero-order valence-electron chi connectivity index (χ0n) is 16.3. The number of halogens is 3. The molecule has 8 heteroatoms. The molecule has 0 spiro atoms. The molecule has 5 nitrogen and oxygen atoms in total. The first-order valence-corrected chi connectivity index (χ1v) is 10.0. The van der Waals surface area contributed by atoms with Crippen molar-refractivity contribution in [3.8, 4) is 11.5 Å². The van der Waals surface area contributed by atoms with Crippen LogP contribution in [0.4, 0.5) is 18.9 Å². The Kier molecular flexibility index (Phi) is 5.74. The van der Waals surface area contributed by atoms with E-state index in [9.17, 15) is 18.0 Å². The molecule has 160 valence electrons.